The number of rotatable bonds is 4. The van der Waals surface area contributed by atoms with Gasteiger partial charge < -0.3 is 4.74 Å². The Morgan fingerprint density at radius 3 is 2.22 bits per heavy atom. The molecule has 0 saturated heterocycles. The Kier molecular flexibility index (Phi) is 3.78. The van der Waals surface area contributed by atoms with Crippen LogP contribution in [0.3, 0.4) is 0 Å². The van der Waals surface area contributed by atoms with Crippen LogP contribution in [0.4, 0.5) is 0 Å². The molecule has 2 rings (SSSR count). The molecule has 0 aliphatic heterocycles. The molecule has 0 atom stereocenters. The highest BCUT2D eigenvalue weighted by molar-refractivity contribution is 6.13. The Morgan fingerprint density at radius 1 is 0.944 bits per heavy atom. The van der Waals surface area contributed by atoms with Gasteiger partial charge in [0.1, 0.15) is 11.5 Å². The van der Waals surface area contributed by atoms with E-state index in [2.05, 4.69) is 0 Å². The Labute approximate surface area is 108 Å². The summed E-state index contributed by atoms with van der Waals surface area (Å²) in [6, 6.07) is 17.0. The van der Waals surface area contributed by atoms with Crippen LogP contribution >= 0.6 is 0 Å². The number of hydrogen-bond acceptors (Lipinski definition) is 1. The molecule has 0 heterocycles. The zero-order valence-electron chi connectivity index (χ0n) is 10.6. The Hall–Kier alpha value is -2.09. The van der Waals surface area contributed by atoms with Crippen molar-refractivity contribution in [1.82, 2.24) is 5.41 Å². The van der Waals surface area contributed by atoms with E-state index < -0.39 is 0 Å². The van der Waals surface area contributed by atoms with Crippen LogP contribution in [0, 0.1) is 0 Å². The van der Waals surface area contributed by atoms with Crippen molar-refractivity contribution in [3.8, 4) is 5.75 Å². The van der Waals surface area contributed by atoms with Crippen molar-refractivity contribution in [3.63, 3.8) is 0 Å². The van der Waals surface area contributed by atoms with Crippen LogP contribution < -0.4 is 10.1 Å². The van der Waals surface area contributed by atoms with Gasteiger partial charge in [0.2, 0.25) is 0 Å². The monoisotopic (exact) mass is 238 g/mol. The predicted octanol–water partition coefficient (Wildman–Crippen LogP) is 3.11. The normalized spacial score (nSPS) is 10.4. The molecule has 18 heavy (non-hydrogen) atoms. The summed E-state index contributed by atoms with van der Waals surface area (Å²) in [5, 5.41) is 10.3. The van der Waals surface area contributed by atoms with Gasteiger partial charge in [-0.15, -0.1) is 5.41 Å². The zero-order chi connectivity index (χ0) is 13.0. The second kappa shape index (κ2) is 5.50. The molecule has 0 spiro atoms. The first-order chi connectivity index (χ1) is 8.68. The van der Waals surface area contributed by atoms with Crippen LogP contribution in [0.25, 0.3) is 0 Å². The first kappa shape index (κ1) is 12.4. The van der Waals surface area contributed by atoms with Gasteiger partial charge >= 0.3 is 0 Å². The molecule has 1 radical (unpaired) electrons. The molecule has 0 saturated carbocycles. The maximum Gasteiger partial charge on any atom is 0.129 e. The summed E-state index contributed by atoms with van der Waals surface area (Å²) in [5.41, 5.74) is 1.75. The summed E-state index contributed by atoms with van der Waals surface area (Å²) >= 11 is 0. The van der Waals surface area contributed by atoms with E-state index >= 15 is 0 Å². The summed E-state index contributed by atoms with van der Waals surface area (Å²) < 4.78 is 5.71. The fourth-order valence-electron chi connectivity index (χ4n) is 1.77. The van der Waals surface area contributed by atoms with E-state index in [1.807, 2.05) is 68.4 Å². The molecule has 0 aromatic heterocycles. The van der Waals surface area contributed by atoms with Crippen molar-refractivity contribution in [2.45, 2.75) is 20.0 Å². The van der Waals surface area contributed by atoms with Crippen molar-refractivity contribution >= 4 is 5.71 Å². The molecule has 0 bridgehead atoms. The van der Waals surface area contributed by atoms with E-state index in [0.29, 0.717) is 5.75 Å². The molecule has 2 nitrogen and oxygen atoms in total. The number of ether oxygens (including phenoxy) is 1. The molecular weight excluding hydrogens is 222 g/mol. The summed E-state index contributed by atoms with van der Waals surface area (Å²) in [7, 11) is 0. The lowest BCUT2D eigenvalue weighted by Gasteiger charge is -2.14. The first-order valence-corrected chi connectivity index (χ1v) is 6.06. The second-order valence-corrected chi connectivity index (χ2v) is 4.38. The van der Waals surface area contributed by atoms with Crippen molar-refractivity contribution < 1.29 is 4.74 Å². The molecule has 0 aliphatic carbocycles. The van der Waals surface area contributed by atoms with Gasteiger partial charge in [0.15, 0.2) is 0 Å². The third kappa shape index (κ3) is 2.77. The smallest absolute Gasteiger partial charge is 0.129 e. The van der Waals surface area contributed by atoms with Gasteiger partial charge in [-0.25, -0.2) is 0 Å². The minimum Gasteiger partial charge on any atom is -0.490 e. The highest BCUT2D eigenvalue weighted by Gasteiger charge is 2.12. The average molecular weight is 238 g/mol. The maximum atomic E-state index is 10.3. The standard InChI is InChI=1S/C16H16NO/c1-12(2)18-15-11-7-6-10-14(15)16(17)13-8-4-3-5-9-13/h3-12H,1-2H3. The van der Waals surface area contributed by atoms with Crippen molar-refractivity contribution in [1.29, 1.82) is 0 Å². The lowest BCUT2D eigenvalue weighted by Crippen LogP contribution is -2.11. The molecule has 0 aliphatic rings. The Balaban J connectivity index is 2.36. The van der Waals surface area contributed by atoms with Crippen LogP contribution in [0.15, 0.2) is 54.6 Å². The summed E-state index contributed by atoms with van der Waals surface area (Å²) in [4.78, 5) is 0. The van der Waals surface area contributed by atoms with E-state index in [0.717, 1.165) is 11.1 Å². The van der Waals surface area contributed by atoms with Crippen LogP contribution in [-0.4, -0.2) is 11.8 Å². The summed E-state index contributed by atoms with van der Waals surface area (Å²) in [6.07, 6.45) is 0.0784. The SMILES string of the molecule is CC(C)Oc1ccccc1C(=[N])c1ccccc1. The minimum atomic E-state index is 0.0784. The molecular formula is C16H16NO. The third-order valence-corrected chi connectivity index (χ3v) is 2.55. The van der Waals surface area contributed by atoms with Crippen molar-refractivity contribution in [2.24, 2.45) is 0 Å². The molecule has 91 valence electrons. The van der Waals surface area contributed by atoms with Crippen LogP contribution in [0.2, 0.25) is 0 Å². The quantitative estimate of drug-likeness (QED) is 0.753. The highest BCUT2D eigenvalue weighted by Crippen LogP contribution is 2.21. The molecule has 2 aromatic carbocycles. The fourth-order valence-corrected chi connectivity index (χ4v) is 1.77. The Morgan fingerprint density at radius 2 is 1.56 bits per heavy atom. The number of benzene rings is 2. The predicted molar refractivity (Wildman–Crippen MR) is 74.0 cm³/mol. The molecule has 2 aromatic rings. The number of nitrogens with zero attached hydrogens (tertiary/aromatic N) is 1. The van der Waals surface area contributed by atoms with E-state index in [-0.39, 0.29) is 11.8 Å². The zero-order valence-corrected chi connectivity index (χ0v) is 10.6. The lowest BCUT2D eigenvalue weighted by atomic mass is 10.0. The molecule has 2 heteroatoms. The fraction of sp³-hybridized carbons (Fsp3) is 0.188. The molecule has 0 N–H and O–H groups in total. The molecule has 0 fully saturated rings. The van der Waals surface area contributed by atoms with Gasteiger partial charge in [0, 0.05) is 11.1 Å². The number of para-hydroxylation sites is 1. The van der Waals surface area contributed by atoms with Gasteiger partial charge in [-0.05, 0) is 26.0 Å². The first-order valence-electron chi connectivity index (χ1n) is 6.06. The second-order valence-electron chi connectivity index (χ2n) is 4.38. The highest BCUT2D eigenvalue weighted by atomic mass is 16.5. The van der Waals surface area contributed by atoms with E-state index in [1.54, 1.807) is 0 Å². The van der Waals surface area contributed by atoms with Crippen LogP contribution in [0.1, 0.15) is 25.0 Å². The summed E-state index contributed by atoms with van der Waals surface area (Å²) in [6.45, 7) is 3.94. The van der Waals surface area contributed by atoms with Gasteiger partial charge in [0.25, 0.3) is 0 Å². The minimum absolute atomic E-state index is 0.0784. The topological polar surface area (TPSA) is 31.5 Å². The molecule has 0 amide bonds. The van der Waals surface area contributed by atoms with Gasteiger partial charge in [0.05, 0.1) is 6.10 Å². The lowest BCUT2D eigenvalue weighted by molar-refractivity contribution is 0.242. The average Bonchev–Trinajstić information content (AvgIpc) is 2.39. The summed E-state index contributed by atoms with van der Waals surface area (Å²) in [5.74, 6) is 0.703. The molecule has 0 unspecified atom stereocenters. The number of hydrogen-bond donors (Lipinski definition) is 0. The van der Waals surface area contributed by atoms with E-state index in [4.69, 9.17) is 4.74 Å². The Bertz CT molecular complexity index is 532. The van der Waals surface area contributed by atoms with Gasteiger partial charge in [-0.1, -0.05) is 42.5 Å². The van der Waals surface area contributed by atoms with E-state index in [1.165, 1.54) is 0 Å². The van der Waals surface area contributed by atoms with E-state index in [9.17, 15) is 5.41 Å². The third-order valence-electron chi connectivity index (χ3n) is 2.55. The van der Waals surface area contributed by atoms with Crippen molar-refractivity contribution in [3.05, 3.63) is 65.7 Å². The van der Waals surface area contributed by atoms with Gasteiger partial charge in [-0.2, -0.15) is 0 Å². The van der Waals surface area contributed by atoms with Crippen molar-refractivity contribution in [2.75, 3.05) is 0 Å². The van der Waals surface area contributed by atoms with Crippen LogP contribution in [0.5, 0.6) is 5.75 Å². The van der Waals surface area contributed by atoms with Gasteiger partial charge in [-0.3, -0.25) is 0 Å². The van der Waals surface area contributed by atoms with Crippen LogP contribution in [-0.2, 0) is 0 Å². The largest absolute Gasteiger partial charge is 0.490 e. The maximum absolute atomic E-state index is 10.3.